The molecule has 5 rings (SSSR count). The Morgan fingerprint density at radius 1 is 1.14 bits per heavy atom. The van der Waals surface area contributed by atoms with Gasteiger partial charge in [0.25, 0.3) is 5.91 Å². The Bertz CT molecular complexity index is 1450. The third kappa shape index (κ3) is 3.81. The Hall–Kier alpha value is -3.56. The lowest BCUT2D eigenvalue weighted by Crippen LogP contribution is -2.38. The van der Waals surface area contributed by atoms with Crippen molar-refractivity contribution in [3.8, 4) is 0 Å². The summed E-state index contributed by atoms with van der Waals surface area (Å²) in [5.41, 5.74) is 3.37. The van der Waals surface area contributed by atoms with E-state index < -0.39 is 17.7 Å². The first-order valence-corrected chi connectivity index (χ1v) is 12.6. The number of aliphatic hydroxyl groups is 1. The van der Waals surface area contributed by atoms with Crippen molar-refractivity contribution in [1.82, 2.24) is 24.2 Å². The fraction of sp³-hybridized carbons (Fsp3) is 0.308. The van der Waals surface area contributed by atoms with Crippen molar-refractivity contribution in [3.05, 3.63) is 76.3 Å². The molecule has 0 saturated carbocycles. The number of fused-ring (bicyclic) bond motifs is 3. The summed E-state index contributed by atoms with van der Waals surface area (Å²) in [6.07, 6.45) is 3.27. The first kappa shape index (κ1) is 23.2. The van der Waals surface area contributed by atoms with Gasteiger partial charge in [-0.25, -0.2) is 4.98 Å². The molecule has 0 aliphatic carbocycles. The average Bonchev–Trinajstić information content (AvgIpc) is 3.49. The van der Waals surface area contributed by atoms with Gasteiger partial charge < -0.3 is 14.9 Å². The van der Waals surface area contributed by atoms with Crippen LogP contribution in [0.1, 0.15) is 40.8 Å². The van der Waals surface area contributed by atoms with Crippen molar-refractivity contribution < 1.29 is 14.7 Å². The third-order valence-electron chi connectivity index (χ3n) is 6.72. The summed E-state index contributed by atoms with van der Waals surface area (Å²) >= 11 is 1.28. The normalized spacial score (nSPS) is 16.4. The summed E-state index contributed by atoms with van der Waals surface area (Å²) in [6, 6.07) is 10.7. The predicted octanol–water partition coefficient (Wildman–Crippen LogP) is 4.17. The predicted molar refractivity (Wildman–Crippen MR) is 136 cm³/mol. The second-order valence-electron chi connectivity index (χ2n) is 8.54. The number of Topliss-reactive ketones (excluding diaryl/α,β-unsaturated/α-hetero) is 1. The molecule has 180 valence electrons. The van der Waals surface area contributed by atoms with Crippen molar-refractivity contribution in [3.63, 3.8) is 0 Å². The van der Waals surface area contributed by atoms with Crippen LogP contribution in [0.25, 0.3) is 16.0 Å². The van der Waals surface area contributed by atoms with Crippen LogP contribution in [0.4, 0.5) is 0 Å². The largest absolute Gasteiger partial charge is 0.503 e. The Morgan fingerprint density at radius 3 is 2.57 bits per heavy atom. The van der Waals surface area contributed by atoms with E-state index in [0.29, 0.717) is 22.9 Å². The molecule has 9 heteroatoms. The van der Waals surface area contributed by atoms with Crippen LogP contribution in [-0.2, 0) is 4.79 Å². The maximum Gasteiger partial charge on any atom is 0.290 e. The Balaban J connectivity index is 1.58. The molecule has 1 atom stereocenters. The number of benzene rings is 1. The number of amides is 1. The van der Waals surface area contributed by atoms with Crippen LogP contribution < -0.4 is 0 Å². The molecule has 8 nitrogen and oxygen atoms in total. The number of nitrogens with zero attached hydrogens (tertiary/aromatic N) is 5. The van der Waals surface area contributed by atoms with E-state index in [-0.39, 0.29) is 11.4 Å². The number of aryl methyl sites for hydroxylation is 1. The molecule has 4 aromatic rings. The monoisotopic (exact) mass is 489 g/mol. The van der Waals surface area contributed by atoms with E-state index in [4.69, 9.17) is 0 Å². The van der Waals surface area contributed by atoms with Crippen LogP contribution in [0.5, 0.6) is 0 Å². The van der Waals surface area contributed by atoms with Gasteiger partial charge in [-0.2, -0.15) is 0 Å². The van der Waals surface area contributed by atoms with Crippen LogP contribution in [-0.4, -0.2) is 67.1 Å². The van der Waals surface area contributed by atoms with Crippen molar-refractivity contribution in [2.75, 3.05) is 26.2 Å². The topological polar surface area (TPSA) is 91.0 Å². The summed E-state index contributed by atoms with van der Waals surface area (Å²) in [4.78, 5) is 40.9. The second-order valence-corrected chi connectivity index (χ2v) is 9.51. The summed E-state index contributed by atoms with van der Waals surface area (Å²) in [5.74, 6) is -1.35. The van der Waals surface area contributed by atoms with E-state index in [0.717, 1.165) is 35.4 Å². The number of hydrogen-bond donors (Lipinski definition) is 1. The van der Waals surface area contributed by atoms with Crippen LogP contribution in [0.15, 0.2) is 60.1 Å². The lowest BCUT2D eigenvalue weighted by atomic mass is 9.95. The molecule has 3 aromatic heterocycles. The second kappa shape index (κ2) is 9.24. The van der Waals surface area contributed by atoms with Crippen LogP contribution in [0.3, 0.4) is 0 Å². The average molecular weight is 490 g/mol. The quantitative estimate of drug-likeness (QED) is 0.374. The molecular formula is C26H27N5O3S. The van der Waals surface area contributed by atoms with Gasteiger partial charge in [-0.1, -0.05) is 37.3 Å². The summed E-state index contributed by atoms with van der Waals surface area (Å²) in [5, 5.41) is 11.0. The van der Waals surface area contributed by atoms with Gasteiger partial charge in [0, 0.05) is 31.2 Å². The van der Waals surface area contributed by atoms with Gasteiger partial charge in [-0.3, -0.25) is 19.0 Å². The van der Waals surface area contributed by atoms with E-state index in [1.807, 2.05) is 35.6 Å². The standard InChI is InChI=1S/C26H27N5O3S/c1-4-29(5-2)14-15-30-21(17-10-12-27-13-11-17)20(23(33)25(30)34)22(32)24-16(3)31-19-9-7-6-8-18(19)28-26(31)35-24/h6-13,21,33H,4-5,14-15H2,1-3H3. The van der Waals surface area contributed by atoms with Gasteiger partial charge >= 0.3 is 0 Å². The Morgan fingerprint density at radius 2 is 1.86 bits per heavy atom. The molecule has 1 amide bonds. The molecule has 0 spiro atoms. The number of imidazole rings is 1. The fourth-order valence-corrected chi connectivity index (χ4v) is 5.89. The molecule has 35 heavy (non-hydrogen) atoms. The first-order valence-electron chi connectivity index (χ1n) is 11.7. The Kier molecular flexibility index (Phi) is 6.12. The van der Waals surface area contributed by atoms with Gasteiger partial charge in [0.1, 0.15) is 0 Å². The van der Waals surface area contributed by atoms with E-state index in [2.05, 4.69) is 28.7 Å². The Labute approximate surface area is 207 Å². The number of ketones is 1. The summed E-state index contributed by atoms with van der Waals surface area (Å²) in [6.45, 7) is 8.76. The minimum atomic E-state index is -0.681. The molecule has 1 aliphatic heterocycles. The van der Waals surface area contributed by atoms with Crippen molar-refractivity contribution >= 4 is 39.0 Å². The lowest BCUT2D eigenvalue weighted by Gasteiger charge is -2.29. The highest BCUT2D eigenvalue weighted by Crippen LogP contribution is 2.40. The van der Waals surface area contributed by atoms with Crippen LogP contribution in [0, 0.1) is 6.92 Å². The number of aliphatic hydroxyl groups excluding tert-OH is 1. The number of rotatable bonds is 8. The molecule has 0 saturated heterocycles. The molecule has 1 aromatic carbocycles. The molecule has 4 heterocycles. The number of para-hydroxylation sites is 2. The van der Waals surface area contributed by atoms with Gasteiger partial charge in [0.05, 0.1) is 27.5 Å². The highest BCUT2D eigenvalue weighted by Gasteiger charge is 2.44. The van der Waals surface area contributed by atoms with Gasteiger partial charge in [-0.05, 0) is 49.8 Å². The van der Waals surface area contributed by atoms with Gasteiger partial charge in [0.2, 0.25) is 5.78 Å². The fourth-order valence-electron chi connectivity index (χ4n) is 4.79. The zero-order valence-corrected chi connectivity index (χ0v) is 20.7. The number of pyridine rings is 1. The van der Waals surface area contributed by atoms with Gasteiger partial charge in [-0.15, -0.1) is 0 Å². The highest BCUT2D eigenvalue weighted by molar-refractivity contribution is 7.19. The number of hydrogen-bond acceptors (Lipinski definition) is 7. The molecule has 1 N–H and O–H groups in total. The number of likely N-dealkylation sites (N-methyl/N-ethyl adjacent to an activating group) is 1. The number of carbonyl (C=O) groups is 2. The molecule has 0 bridgehead atoms. The van der Waals surface area contributed by atoms with Crippen molar-refractivity contribution in [2.45, 2.75) is 26.8 Å². The minimum Gasteiger partial charge on any atom is -0.503 e. The van der Waals surface area contributed by atoms with Gasteiger partial charge in [0.15, 0.2) is 10.7 Å². The van der Waals surface area contributed by atoms with Crippen molar-refractivity contribution in [1.29, 1.82) is 0 Å². The molecule has 1 unspecified atom stereocenters. The van der Waals surface area contributed by atoms with Crippen molar-refractivity contribution in [2.24, 2.45) is 0 Å². The lowest BCUT2D eigenvalue weighted by molar-refractivity contribution is -0.129. The number of aromatic nitrogens is 3. The van der Waals surface area contributed by atoms with E-state index in [1.54, 1.807) is 29.4 Å². The number of carbonyl (C=O) groups excluding carboxylic acids is 2. The SMILES string of the molecule is CCN(CC)CCN1C(=O)C(O)=C(C(=O)c2sc3nc4ccccc4n3c2C)C1c1ccncc1. The smallest absolute Gasteiger partial charge is 0.290 e. The summed E-state index contributed by atoms with van der Waals surface area (Å²) in [7, 11) is 0. The maximum absolute atomic E-state index is 14.0. The highest BCUT2D eigenvalue weighted by atomic mass is 32.1. The first-order chi connectivity index (χ1) is 17.0. The molecule has 0 radical (unpaired) electrons. The zero-order chi connectivity index (χ0) is 24.7. The van der Waals surface area contributed by atoms with Crippen LogP contribution in [0.2, 0.25) is 0 Å². The molecular weight excluding hydrogens is 462 g/mol. The maximum atomic E-state index is 14.0. The van der Waals surface area contributed by atoms with E-state index in [9.17, 15) is 14.7 Å². The van der Waals surface area contributed by atoms with E-state index in [1.165, 1.54) is 11.3 Å². The zero-order valence-electron chi connectivity index (χ0n) is 19.9. The summed E-state index contributed by atoms with van der Waals surface area (Å²) < 4.78 is 1.96. The third-order valence-corrected chi connectivity index (χ3v) is 7.86. The van der Waals surface area contributed by atoms with E-state index >= 15 is 0 Å². The van der Waals surface area contributed by atoms with Crippen LogP contribution >= 0.6 is 11.3 Å². The minimum absolute atomic E-state index is 0.109. The molecule has 0 fully saturated rings. The number of thiazole rings is 1. The molecule has 1 aliphatic rings.